The molecular formula is C7H13O11P3-4. The van der Waals surface area contributed by atoms with Crippen LogP contribution in [0.15, 0.2) is 0 Å². The van der Waals surface area contributed by atoms with Gasteiger partial charge >= 0.3 is 0 Å². The number of aliphatic hydroxyl groups is 1. The van der Waals surface area contributed by atoms with E-state index in [1.54, 1.807) is 6.92 Å². The van der Waals surface area contributed by atoms with Gasteiger partial charge in [0.1, 0.15) is 21.3 Å². The van der Waals surface area contributed by atoms with Gasteiger partial charge in [-0.2, -0.15) is 0 Å². The molecule has 126 valence electrons. The highest BCUT2D eigenvalue weighted by molar-refractivity contribution is 7.72. The molecule has 1 fully saturated rings. The molecule has 1 N–H and O–H groups in total. The van der Waals surface area contributed by atoms with E-state index in [-0.39, 0.29) is 12.5 Å². The molecule has 0 spiro atoms. The normalized spacial score (nSPS) is 32.6. The van der Waals surface area contributed by atoms with Crippen molar-refractivity contribution >= 4 is 23.0 Å². The summed E-state index contributed by atoms with van der Waals surface area (Å²) in [5, 5.41) is 9.48. The summed E-state index contributed by atoms with van der Waals surface area (Å²) in [6.07, 6.45) is -1.99. The summed E-state index contributed by atoms with van der Waals surface area (Å²) < 4.78 is 45.3. The van der Waals surface area contributed by atoms with Crippen molar-refractivity contribution in [1.29, 1.82) is 0 Å². The van der Waals surface area contributed by atoms with Crippen LogP contribution in [0, 0.1) is 0 Å². The molecule has 1 heterocycles. The molecule has 1 rings (SSSR count). The molecule has 0 amide bonds. The number of aliphatic hydroxyl groups excluding tert-OH is 1. The average molecular weight is 366 g/mol. The highest BCUT2D eigenvalue weighted by Crippen LogP contribution is 2.58. The maximum atomic E-state index is 11.4. The fraction of sp³-hybridized carbons (Fsp3) is 1.00. The molecule has 0 aromatic carbocycles. The van der Waals surface area contributed by atoms with Gasteiger partial charge in [0, 0.05) is 6.42 Å². The average Bonchev–Trinajstić information content (AvgIpc) is 2.48. The molecular weight excluding hydrogens is 353 g/mol. The number of hydrogen-bond donors (Lipinski definition) is 1. The first-order valence-corrected chi connectivity index (χ1v) is 10.5. The van der Waals surface area contributed by atoms with Crippen LogP contribution in [0.1, 0.15) is 13.3 Å². The Morgan fingerprint density at radius 3 is 2.19 bits per heavy atom. The quantitative estimate of drug-likeness (QED) is 0.466. The predicted molar refractivity (Wildman–Crippen MR) is 59.7 cm³/mol. The van der Waals surface area contributed by atoms with Gasteiger partial charge in [-0.3, -0.25) is 0 Å². The highest BCUT2D eigenvalue weighted by atomic mass is 31.3. The van der Waals surface area contributed by atoms with E-state index in [9.17, 15) is 38.4 Å². The summed E-state index contributed by atoms with van der Waals surface area (Å²) in [7, 11) is -16.4. The fourth-order valence-electron chi connectivity index (χ4n) is 1.71. The number of phosphoric acid groups is 1. The van der Waals surface area contributed by atoms with Crippen LogP contribution in [-0.4, -0.2) is 35.9 Å². The van der Waals surface area contributed by atoms with E-state index in [1.165, 1.54) is 0 Å². The van der Waals surface area contributed by atoms with Crippen molar-refractivity contribution in [3.63, 3.8) is 0 Å². The summed E-state index contributed by atoms with van der Waals surface area (Å²) in [6, 6.07) is 0. The van der Waals surface area contributed by atoms with Crippen molar-refractivity contribution in [2.24, 2.45) is 0 Å². The lowest BCUT2D eigenvalue weighted by Gasteiger charge is -2.38. The van der Waals surface area contributed by atoms with Gasteiger partial charge in [-0.25, -0.2) is 0 Å². The van der Waals surface area contributed by atoms with Crippen molar-refractivity contribution < 1.29 is 51.9 Å². The number of hydrogen-bond acceptors (Lipinski definition) is 11. The van der Waals surface area contributed by atoms with Crippen LogP contribution in [-0.2, 0) is 27.3 Å². The zero-order chi connectivity index (χ0) is 16.5. The molecule has 0 bridgehead atoms. The fourth-order valence-corrected chi connectivity index (χ4v) is 5.99. The smallest absolute Gasteiger partial charge is 0.147 e. The molecule has 21 heavy (non-hydrogen) atoms. The second-order valence-electron chi connectivity index (χ2n) is 4.48. The van der Waals surface area contributed by atoms with Gasteiger partial charge in [0.15, 0.2) is 0 Å². The minimum atomic E-state index is -5.89. The Hall–Kier alpha value is 0.370. The first-order valence-electron chi connectivity index (χ1n) is 5.61. The third-order valence-electron chi connectivity index (χ3n) is 2.42. The van der Waals surface area contributed by atoms with Gasteiger partial charge in [0.25, 0.3) is 0 Å². The summed E-state index contributed by atoms with van der Waals surface area (Å²) in [4.78, 5) is 42.8. The maximum Gasteiger partial charge on any atom is 0.147 e. The van der Waals surface area contributed by atoms with Crippen molar-refractivity contribution in [2.75, 3.05) is 12.5 Å². The van der Waals surface area contributed by atoms with Gasteiger partial charge in [-0.05, 0) is 6.92 Å². The Labute approximate surface area is 120 Å². The van der Waals surface area contributed by atoms with E-state index >= 15 is 0 Å². The van der Waals surface area contributed by atoms with E-state index in [2.05, 4.69) is 8.83 Å². The minimum absolute atomic E-state index is 0.260. The Morgan fingerprint density at radius 2 is 1.76 bits per heavy atom. The molecule has 5 atom stereocenters. The molecule has 0 radical (unpaired) electrons. The molecule has 1 aliphatic rings. The monoisotopic (exact) mass is 366 g/mol. The summed E-state index contributed by atoms with van der Waals surface area (Å²) in [5.74, 6) is -1.80. The zero-order valence-electron chi connectivity index (χ0n) is 10.7. The first-order chi connectivity index (χ1) is 9.30. The Morgan fingerprint density at radius 1 is 1.19 bits per heavy atom. The van der Waals surface area contributed by atoms with E-state index in [4.69, 9.17) is 4.74 Å². The molecule has 11 nitrogen and oxygen atoms in total. The van der Waals surface area contributed by atoms with Gasteiger partial charge in [0.2, 0.25) is 0 Å². The van der Waals surface area contributed by atoms with Gasteiger partial charge in [-0.1, -0.05) is 0 Å². The van der Waals surface area contributed by atoms with Crippen LogP contribution >= 0.6 is 23.0 Å². The van der Waals surface area contributed by atoms with Crippen LogP contribution in [0.5, 0.6) is 0 Å². The van der Waals surface area contributed by atoms with Crippen molar-refractivity contribution in [3.8, 4) is 0 Å². The maximum absolute atomic E-state index is 11.4. The molecule has 1 aliphatic heterocycles. The molecule has 3 unspecified atom stereocenters. The van der Waals surface area contributed by atoms with E-state index in [0.29, 0.717) is 0 Å². The summed E-state index contributed by atoms with van der Waals surface area (Å²) in [5.41, 5.74) is 0. The lowest BCUT2D eigenvalue weighted by atomic mass is 10.1. The SMILES string of the molecule is C[C@@H]1CC(O)[C@H](COP(=O)([O-])CP(=O)([O-])OP(=O)([O-])[O-])O1. The van der Waals surface area contributed by atoms with Crippen molar-refractivity contribution in [1.82, 2.24) is 0 Å². The third kappa shape index (κ3) is 7.45. The van der Waals surface area contributed by atoms with Crippen LogP contribution in [0.25, 0.3) is 0 Å². The van der Waals surface area contributed by atoms with Crippen LogP contribution < -0.4 is 19.6 Å². The van der Waals surface area contributed by atoms with Crippen LogP contribution in [0.3, 0.4) is 0 Å². The van der Waals surface area contributed by atoms with Gasteiger partial charge in [-0.15, -0.1) is 0 Å². The number of ether oxygens (including phenoxy) is 1. The van der Waals surface area contributed by atoms with Crippen molar-refractivity contribution in [2.45, 2.75) is 31.7 Å². The molecule has 0 aromatic heterocycles. The van der Waals surface area contributed by atoms with E-state index in [0.717, 1.165) is 0 Å². The molecule has 0 saturated carbocycles. The highest BCUT2D eigenvalue weighted by Gasteiger charge is 2.32. The van der Waals surface area contributed by atoms with Gasteiger partial charge < -0.3 is 51.9 Å². The molecule has 0 aromatic rings. The second-order valence-corrected chi connectivity index (χ2v) is 9.86. The van der Waals surface area contributed by atoms with Gasteiger partial charge in [0.05, 0.1) is 32.5 Å². The zero-order valence-corrected chi connectivity index (χ0v) is 13.4. The Balaban J connectivity index is 2.56. The summed E-state index contributed by atoms with van der Waals surface area (Å²) >= 11 is 0. The predicted octanol–water partition coefficient (Wildman–Crippen LogP) is -2.55. The molecule has 1 saturated heterocycles. The van der Waals surface area contributed by atoms with Crippen molar-refractivity contribution in [3.05, 3.63) is 0 Å². The minimum Gasteiger partial charge on any atom is -0.790 e. The van der Waals surface area contributed by atoms with E-state index in [1.807, 2.05) is 0 Å². The Kier molecular flexibility index (Phi) is 6.35. The third-order valence-corrected chi connectivity index (χ3v) is 7.52. The Bertz CT molecular complexity index is 500. The second kappa shape index (κ2) is 6.86. The summed E-state index contributed by atoms with van der Waals surface area (Å²) in [6.45, 7) is 0.998. The lowest BCUT2D eigenvalue weighted by Crippen LogP contribution is -2.28. The van der Waals surface area contributed by atoms with Crippen LogP contribution in [0.4, 0.5) is 0 Å². The van der Waals surface area contributed by atoms with E-state index < -0.39 is 47.7 Å². The van der Waals surface area contributed by atoms with Crippen LogP contribution in [0.2, 0.25) is 0 Å². The topological polar surface area (TPSA) is 191 Å². The first kappa shape index (κ1) is 19.4. The standard InChI is InChI=1S/C7H17O11P3/c1-5-2-6(8)7(17-5)3-16-19(9,10)4-20(11,12)18-21(13,14)15/h5-8H,2-4H2,1H3,(H,9,10)(H,11,12)(H2,13,14,15)/p-4/t5-,6?,7+/m1/s1. The number of rotatable bonds is 7. The molecule has 0 aliphatic carbocycles. The largest absolute Gasteiger partial charge is 0.790 e. The molecule has 14 heteroatoms. The lowest BCUT2D eigenvalue weighted by molar-refractivity contribution is -0.337.